The van der Waals surface area contributed by atoms with E-state index in [4.69, 9.17) is 5.73 Å². The van der Waals surface area contributed by atoms with Gasteiger partial charge in [0.25, 0.3) is 0 Å². The predicted molar refractivity (Wildman–Crippen MR) is 97.4 cm³/mol. The highest BCUT2D eigenvalue weighted by Crippen LogP contribution is 2.30. The second-order valence-corrected chi connectivity index (χ2v) is 6.20. The van der Waals surface area contributed by atoms with Crippen LogP contribution in [0.25, 0.3) is 5.69 Å². The molecule has 1 heterocycles. The molecule has 0 saturated heterocycles. The van der Waals surface area contributed by atoms with Gasteiger partial charge in [-0.05, 0) is 49.4 Å². The number of carbonyl (C=O) groups excluding carboxylic acids is 1. The average Bonchev–Trinajstić information content (AvgIpc) is 3.24. The molecule has 24 heavy (non-hydrogen) atoms. The van der Waals surface area contributed by atoms with Gasteiger partial charge in [0, 0.05) is 18.7 Å². The third kappa shape index (κ3) is 4.36. The maximum absolute atomic E-state index is 12.2. The number of nitrogens with one attached hydrogen (secondary N) is 1. The number of benzene rings is 1. The molecule has 1 amide bonds. The molecular formula is C18H25ClN4O. The van der Waals surface area contributed by atoms with Crippen LogP contribution in [0.5, 0.6) is 0 Å². The summed E-state index contributed by atoms with van der Waals surface area (Å²) in [5.41, 5.74) is 7.91. The van der Waals surface area contributed by atoms with Crippen LogP contribution in [0.2, 0.25) is 0 Å². The minimum atomic E-state index is 0. The predicted octanol–water partition coefficient (Wildman–Crippen LogP) is 2.33. The minimum Gasteiger partial charge on any atom is -0.356 e. The van der Waals surface area contributed by atoms with Crippen molar-refractivity contribution < 1.29 is 4.79 Å². The first-order valence-electron chi connectivity index (χ1n) is 8.34. The zero-order chi connectivity index (χ0) is 16.1. The van der Waals surface area contributed by atoms with Gasteiger partial charge in [0.15, 0.2) is 0 Å². The lowest BCUT2D eigenvalue weighted by Crippen LogP contribution is -2.36. The zero-order valence-electron chi connectivity index (χ0n) is 13.7. The lowest BCUT2D eigenvalue weighted by atomic mass is 9.95. The highest BCUT2D eigenvalue weighted by Gasteiger charge is 2.31. The van der Waals surface area contributed by atoms with Gasteiger partial charge in [-0.2, -0.15) is 5.10 Å². The third-order valence-electron chi connectivity index (χ3n) is 4.67. The number of amides is 1. The SMILES string of the molecule is Cl.NC[C@H]1CCC[C@H]1C(=O)NCCc1cnn(-c2ccccc2)c1. The molecule has 130 valence electrons. The summed E-state index contributed by atoms with van der Waals surface area (Å²) in [5.74, 6) is 0.622. The van der Waals surface area contributed by atoms with Crippen LogP contribution >= 0.6 is 12.4 Å². The van der Waals surface area contributed by atoms with Gasteiger partial charge in [-0.15, -0.1) is 12.4 Å². The quantitative estimate of drug-likeness (QED) is 0.841. The number of hydrogen-bond acceptors (Lipinski definition) is 3. The molecule has 1 aromatic carbocycles. The van der Waals surface area contributed by atoms with Crippen LogP contribution < -0.4 is 11.1 Å². The average molecular weight is 349 g/mol. The van der Waals surface area contributed by atoms with Crippen LogP contribution in [0.4, 0.5) is 0 Å². The second-order valence-electron chi connectivity index (χ2n) is 6.20. The van der Waals surface area contributed by atoms with Crippen molar-refractivity contribution >= 4 is 18.3 Å². The van der Waals surface area contributed by atoms with Gasteiger partial charge in [-0.25, -0.2) is 4.68 Å². The Balaban J connectivity index is 0.00000208. The van der Waals surface area contributed by atoms with Gasteiger partial charge in [-0.3, -0.25) is 4.79 Å². The van der Waals surface area contributed by atoms with Crippen LogP contribution in [-0.2, 0) is 11.2 Å². The van der Waals surface area contributed by atoms with E-state index in [2.05, 4.69) is 10.4 Å². The van der Waals surface area contributed by atoms with Gasteiger partial charge >= 0.3 is 0 Å². The number of rotatable bonds is 6. The van der Waals surface area contributed by atoms with Crippen molar-refractivity contribution in [3.63, 3.8) is 0 Å². The molecule has 1 fully saturated rings. The summed E-state index contributed by atoms with van der Waals surface area (Å²) in [7, 11) is 0. The van der Waals surface area contributed by atoms with Gasteiger partial charge in [0.1, 0.15) is 0 Å². The summed E-state index contributed by atoms with van der Waals surface area (Å²) in [6, 6.07) is 10.0. The molecule has 3 N–H and O–H groups in total. The molecule has 0 radical (unpaired) electrons. The van der Waals surface area contributed by atoms with Crippen molar-refractivity contribution in [3.8, 4) is 5.69 Å². The Morgan fingerprint density at radius 1 is 1.29 bits per heavy atom. The fourth-order valence-electron chi connectivity index (χ4n) is 3.34. The van der Waals surface area contributed by atoms with E-state index >= 15 is 0 Å². The lowest BCUT2D eigenvalue weighted by molar-refractivity contribution is -0.125. The highest BCUT2D eigenvalue weighted by atomic mass is 35.5. The third-order valence-corrected chi connectivity index (χ3v) is 4.67. The fourth-order valence-corrected chi connectivity index (χ4v) is 3.34. The number of aromatic nitrogens is 2. The molecule has 1 aliphatic rings. The van der Waals surface area contributed by atoms with E-state index in [-0.39, 0.29) is 24.2 Å². The maximum atomic E-state index is 12.2. The van der Waals surface area contributed by atoms with E-state index in [1.54, 1.807) is 0 Å². The largest absolute Gasteiger partial charge is 0.356 e. The monoisotopic (exact) mass is 348 g/mol. The van der Waals surface area contributed by atoms with E-state index in [1.165, 1.54) is 0 Å². The smallest absolute Gasteiger partial charge is 0.223 e. The van der Waals surface area contributed by atoms with Crippen molar-refractivity contribution in [1.29, 1.82) is 0 Å². The topological polar surface area (TPSA) is 72.9 Å². The molecule has 0 bridgehead atoms. The van der Waals surface area contributed by atoms with Crippen LogP contribution in [0.3, 0.4) is 0 Å². The van der Waals surface area contributed by atoms with Gasteiger partial charge in [-0.1, -0.05) is 24.6 Å². The minimum absolute atomic E-state index is 0. The van der Waals surface area contributed by atoms with E-state index < -0.39 is 0 Å². The van der Waals surface area contributed by atoms with E-state index in [9.17, 15) is 4.79 Å². The van der Waals surface area contributed by atoms with E-state index in [1.807, 2.05) is 47.4 Å². The number of halogens is 1. The molecule has 6 heteroatoms. The van der Waals surface area contributed by atoms with Crippen LogP contribution in [0.15, 0.2) is 42.7 Å². The molecule has 5 nitrogen and oxygen atoms in total. The summed E-state index contributed by atoms with van der Waals surface area (Å²) in [4.78, 5) is 12.2. The Morgan fingerprint density at radius 2 is 2.08 bits per heavy atom. The normalized spacial score (nSPS) is 19.7. The van der Waals surface area contributed by atoms with Gasteiger partial charge < -0.3 is 11.1 Å². The standard InChI is InChI=1S/C18H24N4O.ClH/c19-11-15-5-4-8-17(15)18(23)20-10-9-14-12-21-22(13-14)16-6-2-1-3-7-16;/h1-3,6-7,12-13,15,17H,4-5,8-11,19H2,(H,20,23);1H/t15-,17-;/m1./s1. The van der Waals surface area contributed by atoms with Crippen molar-refractivity contribution in [3.05, 3.63) is 48.3 Å². The summed E-state index contributed by atoms with van der Waals surface area (Å²) in [6.07, 6.45) is 7.83. The number of hydrogen-bond donors (Lipinski definition) is 2. The summed E-state index contributed by atoms with van der Waals surface area (Å²) < 4.78 is 1.86. The van der Waals surface area contributed by atoms with E-state index in [0.717, 1.165) is 36.9 Å². The lowest BCUT2D eigenvalue weighted by Gasteiger charge is -2.17. The molecule has 0 unspecified atom stereocenters. The molecule has 1 aromatic heterocycles. The van der Waals surface area contributed by atoms with E-state index in [0.29, 0.717) is 19.0 Å². The maximum Gasteiger partial charge on any atom is 0.223 e. The van der Waals surface area contributed by atoms with Gasteiger partial charge in [0.2, 0.25) is 5.91 Å². The first kappa shape index (κ1) is 18.5. The van der Waals surface area contributed by atoms with Crippen molar-refractivity contribution in [2.75, 3.05) is 13.1 Å². The van der Waals surface area contributed by atoms with Crippen LogP contribution in [-0.4, -0.2) is 28.8 Å². The molecule has 0 spiro atoms. The molecular weight excluding hydrogens is 324 g/mol. The molecule has 1 saturated carbocycles. The van der Waals surface area contributed by atoms with Crippen molar-refractivity contribution in [1.82, 2.24) is 15.1 Å². The molecule has 2 atom stereocenters. The Morgan fingerprint density at radius 3 is 2.83 bits per heavy atom. The van der Waals surface area contributed by atoms with Crippen LogP contribution in [0.1, 0.15) is 24.8 Å². The molecule has 0 aliphatic heterocycles. The van der Waals surface area contributed by atoms with Crippen LogP contribution in [0, 0.1) is 11.8 Å². The fraction of sp³-hybridized carbons (Fsp3) is 0.444. The zero-order valence-corrected chi connectivity index (χ0v) is 14.5. The number of para-hydroxylation sites is 1. The Bertz CT molecular complexity index is 643. The van der Waals surface area contributed by atoms with Gasteiger partial charge in [0.05, 0.1) is 11.9 Å². The number of carbonyl (C=O) groups is 1. The summed E-state index contributed by atoms with van der Waals surface area (Å²) >= 11 is 0. The summed E-state index contributed by atoms with van der Waals surface area (Å²) in [6.45, 7) is 1.26. The Labute approximate surface area is 149 Å². The first-order valence-corrected chi connectivity index (χ1v) is 8.34. The molecule has 2 aromatic rings. The van der Waals surface area contributed by atoms with Crippen molar-refractivity contribution in [2.45, 2.75) is 25.7 Å². The number of nitrogens with two attached hydrogens (primary N) is 1. The molecule has 1 aliphatic carbocycles. The second kappa shape index (κ2) is 8.85. The first-order chi connectivity index (χ1) is 11.3. The summed E-state index contributed by atoms with van der Waals surface area (Å²) in [5, 5.41) is 7.43. The van der Waals surface area contributed by atoms with Crippen molar-refractivity contribution in [2.24, 2.45) is 17.6 Å². The Kier molecular flexibility index (Phi) is 6.82. The number of nitrogens with zero attached hydrogens (tertiary/aromatic N) is 2. The molecule has 3 rings (SSSR count). The Hall–Kier alpha value is -1.85. The highest BCUT2D eigenvalue weighted by molar-refractivity contribution is 5.85.